The van der Waals surface area contributed by atoms with Crippen molar-refractivity contribution < 1.29 is 9.90 Å². The second-order valence-corrected chi connectivity index (χ2v) is 6.10. The molecule has 0 aliphatic carbocycles. The highest BCUT2D eigenvalue weighted by Crippen LogP contribution is 2.17. The highest BCUT2D eigenvalue weighted by Gasteiger charge is 2.06. The van der Waals surface area contributed by atoms with Crippen LogP contribution in [0, 0.1) is 6.92 Å². The first kappa shape index (κ1) is 15.8. The van der Waals surface area contributed by atoms with Crippen LogP contribution in [-0.4, -0.2) is 10.2 Å². The minimum absolute atomic E-state index is 0.0520. The van der Waals surface area contributed by atoms with Crippen molar-refractivity contribution >= 4 is 16.9 Å². The third-order valence-electron chi connectivity index (χ3n) is 3.44. The molecule has 1 N–H and O–H groups in total. The Bertz CT molecular complexity index is 593. The highest BCUT2D eigenvalue weighted by molar-refractivity contribution is 8.12. The molecule has 2 nitrogen and oxygen atoms in total. The first-order valence-corrected chi connectivity index (χ1v) is 8.06. The number of carbonyl (C=O) groups excluding carboxylic acids is 1. The van der Waals surface area contributed by atoms with Crippen LogP contribution < -0.4 is 0 Å². The van der Waals surface area contributed by atoms with Crippen molar-refractivity contribution in [1.82, 2.24) is 0 Å². The third-order valence-corrected chi connectivity index (χ3v) is 4.45. The topological polar surface area (TPSA) is 37.3 Å². The number of aliphatic hydroxyl groups excluding tert-OH is 1. The molecular weight excluding hydrogens is 280 g/mol. The maximum atomic E-state index is 11.9. The molecule has 0 radical (unpaired) electrons. The molecule has 0 unspecified atom stereocenters. The average molecular weight is 300 g/mol. The summed E-state index contributed by atoms with van der Waals surface area (Å²) in [6.45, 7) is 2.03. The van der Waals surface area contributed by atoms with Crippen LogP contribution >= 0.6 is 11.8 Å². The molecule has 0 heterocycles. The third kappa shape index (κ3) is 5.03. The van der Waals surface area contributed by atoms with Crippen LogP contribution in [0.3, 0.4) is 0 Å². The van der Waals surface area contributed by atoms with Crippen molar-refractivity contribution in [2.24, 2.45) is 0 Å². The summed E-state index contributed by atoms with van der Waals surface area (Å²) in [6, 6.07) is 16.1. The zero-order valence-electron chi connectivity index (χ0n) is 12.2. The van der Waals surface area contributed by atoms with E-state index < -0.39 is 0 Å². The average Bonchev–Trinajstić information content (AvgIpc) is 2.53. The molecule has 2 aromatic rings. The largest absolute Gasteiger partial charge is 0.392 e. The van der Waals surface area contributed by atoms with E-state index in [4.69, 9.17) is 0 Å². The van der Waals surface area contributed by atoms with Crippen molar-refractivity contribution in [3.8, 4) is 0 Å². The van der Waals surface area contributed by atoms with Gasteiger partial charge in [0.25, 0.3) is 0 Å². The maximum Gasteiger partial charge on any atom is 0.189 e. The van der Waals surface area contributed by atoms with Gasteiger partial charge >= 0.3 is 0 Å². The summed E-state index contributed by atoms with van der Waals surface area (Å²) in [5.41, 5.74) is 4.31. The Kier molecular flexibility index (Phi) is 6.03. The lowest BCUT2D eigenvalue weighted by Gasteiger charge is -2.06. The van der Waals surface area contributed by atoms with Gasteiger partial charge in [-0.15, -0.1) is 0 Å². The van der Waals surface area contributed by atoms with E-state index in [-0.39, 0.29) is 11.7 Å². The van der Waals surface area contributed by atoms with Gasteiger partial charge in [-0.05, 0) is 35.6 Å². The fourth-order valence-corrected chi connectivity index (χ4v) is 2.87. The molecule has 2 aromatic carbocycles. The lowest BCUT2D eigenvalue weighted by molar-refractivity contribution is -0.110. The Morgan fingerprint density at radius 1 is 1.10 bits per heavy atom. The summed E-state index contributed by atoms with van der Waals surface area (Å²) in [6.07, 6.45) is 1.26. The maximum absolute atomic E-state index is 11.9. The lowest BCUT2D eigenvalue weighted by Crippen LogP contribution is -1.98. The predicted molar refractivity (Wildman–Crippen MR) is 88.2 cm³/mol. The quantitative estimate of drug-likeness (QED) is 0.879. The van der Waals surface area contributed by atoms with Crippen LogP contribution in [0.15, 0.2) is 48.5 Å². The Morgan fingerprint density at radius 3 is 2.57 bits per heavy atom. The molecule has 0 aliphatic rings. The normalized spacial score (nSPS) is 10.6. The Hall–Kier alpha value is -1.58. The summed E-state index contributed by atoms with van der Waals surface area (Å²) in [5.74, 6) is 0.732. The molecule has 3 heteroatoms. The van der Waals surface area contributed by atoms with Gasteiger partial charge in [-0.3, -0.25) is 4.79 Å². The van der Waals surface area contributed by atoms with Gasteiger partial charge in [-0.2, -0.15) is 0 Å². The van der Waals surface area contributed by atoms with Gasteiger partial charge in [-0.25, -0.2) is 0 Å². The number of aliphatic hydroxyl groups is 1. The van der Waals surface area contributed by atoms with Gasteiger partial charge in [0.1, 0.15) is 0 Å². The molecule has 110 valence electrons. The summed E-state index contributed by atoms with van der Waals surface area (Å²) < 4.78 is 0. The molecular formula is C18H20O2S. The molecule has 0 amide bonds. The number of hydrogen-bond donors (Lipinski definition) is 1. The van der Waals surface area contributed by atoms with Crippen LogP contribution in [0.1, 0.15) is 28.7 Å². The Morgan fingerprint density at radius 2 is 1.86 bits per heavy atom. The van der Waals surface area contributed by atoms with E-state index in [9.17, 15) is 9.90 Å². The van der Waals surface area contributed by atoms with Crippen molar-refractivity contribution in [3.05, 3.63) is 70.8 Å². The molecule has 21 heavy (non-hydrogen) atoms. The summed E-state index contributed by atoms with van der Waals surface area (Å²) >= 11 is 1.37. The molecule has 2 rings (SSSR count). The lowest BCUT2D eigenvalue weighted by atomic mass is 10.0. The monoisotopic (exact) mass is 300 g/mol. The Labute approximate surface area is 130 Å². The summed E-state index contributed by atoms with van der Waals surface area (Å²) in [4.78, 5) is 11.9. The minimum Gasteiger partial charge on any atom is -0.392 e. The molecule has 0 saturated carbocycles. The van der Waals surface area contributed by atoms with E-state index >= 15 is 0 Å². The van der Waals surface area contributed by atoms with E-state index in [0.29, 0.717) is 6.42 Å². The van der Waals surface area contributed by atoms with Gasteiger partial charge < -0.3 is 5.11 Å². The second kappa shape index (κ2) is 8.01. The molecule has 0 fully saturated rings. The van der Waals surface area contributed by atoms with Crippen molar-refractivity contribution in [3.63, 3.8) is 0 Å². The highest BCUT2D eigenvalue weighted by atomic mass is 32.2. The SMILES string of the molecule is Cc1ccc(CCC(=O)SCc2ccccc2)cc1CO. The first-order valence-electron chi connectivity index (χ1n) is 7.08. The van der Waals surface area contributed by atoms with Crippen molar-refractivity contribution in [2.45, 2.75) is 32.1 Å². The van der Waals surface area contributed by atoms with E-state index in [0.717, 1.165) is 28.9 Å². The molecule has 0 saturated heterocycles. The van der Waals surface area contributed by atoms with Crippen molar-refractivity contribution in [2.75, 3.05) is 0 Å². The zero-order valence-corrected chi connectivity index (χ0v) is 13.0. The van der Waals surface area contributed by atoms with Crippen LogP contribution in [0.2, 0.25) is 0 Å². The number of thioether (sulfide) groups is 1. The number of aryl methyl sites for hydroxylation is 2. The van der Waals surface area contributed by atoms with Gasteiger partial charge in [0.15, 0.2) is 5.12 Å². The van der Waals surface area contributed by atoms with Gasteiger partial charge in [-0.1, -0.05) is 60.3 Å². The number of rotatable bonds is 6. The molecule has 0 aliphatic heterocycles. The van der Waals surface area contributed by atoms with E-state index in [1.165, 1.54) is 17.3 Å². The zero-order chi connectivity index (χ0) is 15.1. The fourth-order valence-electron chi connectivity index (χ4n) is 2.11. The molecule has 0 bridgehead atoms. The van der Waals surface area contributed by atoms with E-state index in [2.05, 4.69) is 0 Å². The molecule has 0 atom stereocenters. The fraction of sp³-hybridized carbons (Fsp3) is 0.278. The standard InChI is InChI=1S/C18H20O2S/c1-14-7-8-15(11-17(14)12-19)9-10-18(20)21-13-16-5-3-2-4-6-16/h2-8,11,19H,9-10,12-13H2,1H3. The van der Waals surface area contributed by atoms with E-state index in [1.807, 2.05) is 55.5 Å². The first-order chi connectivity index (χ1) is 10.2. The van der Waals surface area contributed by atoms with Gasteiger partial charge in [0.2, 0.25) is 0 Å². The Balaban J connectivity index is 1.81. The van der Waals surface area contributed by atoms with Crippen molar-refractivity contribution in [1.29, 1.82) is 0 Å². The number of carbonyl (C=O) groups is 1. The smallest absolute Gasteiger partial charge is 0.189 e. The van der Waals surface area contributed by atoms with Crippen LogP contribution in [0.4, 0.5) is 0 Å². The molecule has 0 spiro atoms. The summed E-state index contributed by atoms with van der Waals surface area (Å²) in [7, 11) is 0. The molecule has 0 aromatic heterocycles. The predicted octanol–water partition coefficient (Wildman–Crippen LogP) is 3.88. The van der Waals surface area contributed by atoms with Gasteiger partial charge in [0, 0.05) is 12.2 Å². The number of benzene rings is 2. The number of hydrogen-bond acceptors (Lipinski definition) is 3. The summed E-state index contributed by atoms with van der Waals surface area (Å²) in [5, 5.41) is 9.47. The second-order valence-electron chi connectivity index (χ2n) is 5.07. The van der Waals surface area contributed by atoms with E-state index in [1.54, 1.807) is 0 Å². The van der Waals surface area contributed by atoms with Crippen LogP contribution in [0.5, 0.6) is 0 Å². The van der Waals surface area contributed by atoms with Crippen LogP contribution in [-0.2, 0) is 23.6 Å². The minimum atomic E-state index is 0.0520. The van der Waals surface area contributed by atoms with Crippen LogP contribution in [0.25, 0.3) is 0 Å². The van der Waals surface area contributed by atoms with Gasteiger partial charge in [0.05, 0.1) is 6.61 Å².